The largest absolute Gasteiger partial charge is 0.385 e. The van der Waals surface area contributed by atoms with Gasteiger partial charge in [-0.05, 0) is 42.5 Å². The van der Waals surface area contributed by atoms with Crippen LogP contribution in [-0.2, 0) is 5.60 Å². The highest BCUT2D eigenvalue weighted by molar-refractivity contribution is 6.31. The predicted octanol–water partition coefficient (Wildman–Crippen LogP) is 5.19. The van der Waals surface area contributed by atoms with E-state index in [2.05, 4.69) is 12.1 Å². The van der Waals surface area contributed by atoms with Crippen molar-refractivity contribution in [3.8, 4) is 0 Å². The van der Waals surface area contributed by atoms with Crippen molar-refractivity contribution in [3.63, 3.8) is 0 Å². The van der Waals surface area contributed by atoms with Crippen molar-refractivity contribution in [2.75, 3.05) is 0 Å². The molecule has 2 aromatic carbocycles. The first-order valence-electron chi connectivity index (χ1n) is 7.65. The van der Waals surface area contributed by atoms with Crippen LogP contribution in [0.5, 0.6) is 0 Å². The summed E-state index contributed by atoms with van der Waals surface area (Å²) in [5.41, 5.74) is 2.41. The zero-order valence-electron chi connectivity index (χ0n) is 12.3. The standard InChI is InChI=1S/C19H21ClO/c1-14-10-11-16(13-18(14)20)19(21)12-6-5-9-17(19)15-7-3-2-4-8-15/h2-4,7-8,10-11,13,17,21H,5-6,9,12H2,1H3. The zero-order valence-corrected chi connectivity index (χ0v) is 13.1. The van der Waals surface area contributed by atoms with E-state index in [4.69, 9.17) is 11.6 Å². The van der Waals surface area contributed by atoms with E-state index in [0.717, 1.165) is 35.4 Å². The quantitative estimate of drug-likeness (QED) is 0.809. The lowest BCUT2D eigenvalue weighted by molar-refractivity contribution is -0.0224. The van der Waals surface area contributed by atoms with Crippen LogP contribution in [0.15, 0.2) is 48.5 Å². The van der Waals surface area contributed by atoms with Gasteiger partial charge in [0.05, 0.1) is 5.60 Å². The van der Waals surface area contributed by atoms with Crippen molar-refractivity contribution in [2.24, 2.45) is 0 Å². The molecule has 2 aromatic rings. The fourth-order valence-electron chi connectivity index (χ4n) is 3.49. The molecule has 0 saturated heterocycles. The molecule has 0 heterocycles. The average Bonchev–Trinajstić information content (AvgIpc) is 2.51. The van der Waals surface area contributed by atoms with E-state index in [9.17, 15) is 5.11 Å². The van der Waals surface area contributed by atoms with Gasteiger partial charge in [0.1, 0.15) is 0 Å². The van der Waals surface area contributed by atoms with Gasteiger partial charge in [-0.15, -0.1) is 0 Å². The van der Waals surface area contributed by atoms with Crippen LogP contribution < -0.4 is 0 Å². The summed E-state index contributed by atoms with van der Waals surface area (Å²) in [6.45, 7) is 1.99. The average molecular weight is 301 g/mol. The monoisotopic (exact) mass is 300 g/mol. The molecule has 110 valence electrons. The van der Waals surface area contributed by atoms with Crippen LogP contribution in [0.3, 0.4) is 0 Å². The van der Waals surface area contributed by atoms with E-state index in [-0.39, 0.29) is 5.92 Å². The van der Waals surface area contributed by atoms with E-state index in [1.54, 1.807) is 0 Å². The smallest absolute Gasteiger partial charge is 0.0965 e. The van der Waals surface area contributed by atoms with Crippen LogP contribution in [0.25, 0.3) is 0 Å². The minimum absolute atomic E-state index is 0.145. The molecule has 1 aliphatic carbocycles. The number of hydrogen-bond donors (Lipinski definition) is 1. The molecule has 1 nitrogen and oxygen atoms in total. The van der Waals surface area contributed by atoms with Crippen molar-refractivity contribution in [1.82, 2.24) is 0 Å². The maximum Gasteiger partial charge on any atom is 0.0965 e. The highest BCUT2D eigenvalue weighted by atomic mass is 35.5. The molecule has 2 atom stereocenters. The van der Waals surface area contributed by atoms with E-state index in [1.807, 2.05) is 43.3 Å². The molecule has 0 radical (unpaired) electrons. The first-order valence-corrected chi connectivity index (χ1v) is 8.03. The minimum Gasteiger partial charge on any atom is -0.385 e. The Bertz CT molecular complexity index is 623. The Kier molecular flexibility index (Phi) is 4.05. The van der Waals surface area contributed by atoms with Gasteiger partial charge in [0.25, 0.3) is 0 Å². The molecule has 21 heavy (non-hydrogen) atoms. The predicted molar refractivity (Wildman–Crippen MR) is 87.7 cm³/mol. The minimum atomic E-state index is -0.809. The Labute approximate surface area is 131 Å². The maximum absolute atomic E-state index is 11.4. The van der Waals surface area contributed by atoms with Gasteiger partial charge >= 0.3 is 0 Å². The lowest BCUT2D eigenvalue weighted by atomic mass is 9.68. The Morgan fingerprint density at radius 2 is 1.86 bits per heavy atom. The van der Waals surface area contributed by atoms with Crippen LogP contribution in [0.1, 0.15) is 48.3 Å². The second-order valence-corrected chi connectivity index (χ2v) is 6.50. The van der Waals surface area contributed by atoms with Crippen molar-refractivity contribution < 1.29 is 5.11 Å². The number of rotatable bonds is 2. The van der Waals surface area contributed by atoms with Gasteiger partial charge in [-0.1, -0.05) is 66.9 Å². The van der Waals surface area contributed by atoms with Crippen molar-refractivity contribution in [1.29, 1.82) is 0 Å². The maximum atomic E-state index is 11.4. The molecule has 2 unspecified atom stereocenters. The molecule has 0 amide bonds. The third-order valence-corrected chi connectivity index (χ3v) is 5.16. The normalized spacial score (nSPS) is 25.8. The van der Waals surface area contributed by atoms with E-state index in [1.165, 1.54) is 12.0 Å². The fourth-order valence-corrected chi connectivity index (χ4v) is 3.67. The molecular formula is C19H21ClO. The van der Waals surface area contributed by atoms with Gasteiger partial charge in [-0.2, -0.15) is 0 Å². The first kappa shape index (κ1) is 14.6. The molecule has 1 fully saturated rings. The molecule has 2 heteroatoms. The van der Waals surface area contributed by atoms with E-state index in [0.29, 0.717) is 0 Å². The number of halogens is 1. The summed E-state index contributed by atoms with van der Waals surface area (Å²) in [7, 11) is 0. The van der Waals surface area contributed by atoms with Crippen LogP contribution in [-0.4, -0.2) is 5.11 Å². The molecule has 0 aromatic heterocycles. The van der Waals surface area contributed by atoms with Crippen LogP contribution in [0, 0.1) is 6.92 Å². The topological polar surface area (TPSA) is 20.2 Å². The van der Waals surface area contributed by atoms with Crippen LogP contribution >= 0.6 is 11.6 Å². The molecule has 0 aliphatic heterocycles. The van der Waals surface area contributed by atoms with Crippen molar-refractivity contribution in [3.05, 3.63) is 70.2 Å². The second kappa shape index (κ2) is 5.82. The Morgan fingerprint density at radius 1 is 1.10 bits per heavy atom. The van der Waals surface area contributed by atoms with Gasteiger partial charge in [-0.25, -0.2) is 0 Å². The summed E-state index contributed by atoms with van der Waals surface area (Å²) < 4.78 is 0. The molecule has 1 aliphatic rings. The van der Waals surface area contributed by atoms with Crippen molar-refractivity contribution in [2.45, 2.75) is 44.1 Å². The van der Waals surface area contributed by atoms with E-state index >= 15 is 0 Å². The molecule has 3 rings (SSSR count). The fraction of sp³-hybridized carbons (Fsp3) is 0.368. The molecule has 0 spiro atoms. The third kappa shape index (κ3) is 2.73. The molecule has 1 N–H and O–H groups in total. The van der Waals surface area contributed by atoms with Gasteiger partial charge in [0.2, 0.25) is 0 Å². The summed E-state index contributed by atoms with van der Waals surface area (Å²) in [6, 6.07) is 16.3. The Hall–Kier alpha value is -1.31. The van der Waals surface area contributed by atoms with Gasteiger partial charge < -0.3 is 5.11 Å². The molecule has 1 saturated carbocycles. The summed E-state index contributed by atoms with van der Waals surface area (Å²) in [5, 5.41) is 12.1. The van der Waals surface area contributed by atoms with E-state index < -0.39 is 5.60 Å². The highest BCUT2D eigenvalue weighted by Crippen LogP contribution is 2.47. The number of hydrogen-bond acceptors (Lipinski definition) is 1. The second-order valence-electron chi connectivity index (χ2n) is 6.10. The zero-order chi connectivity index (χ0) is 14.9. The first-order chi connectivity index (χ1) is 10.1. The van der Waals surface area contributed by atoms with Gasteiger partial charge in [-0.3, -0.25) is 0 Å². The Morgan fingerprint density at radius 3 is 2.57 bits per heavy atom. The number of aliphatic hydroxyl groups is 1. The molecular weight excluding hydrogens is 280 g/mol. The van der Waals surface area contributed by atoms with Gasteiger partial charge in [0.15, 0.2) is 0 Å². The number of benzene rings is 2. The van der Waals surface area contributed by atoms with Crippen LogP contribution in [0.2, 0.25) is 5.02 Å². The summed E-state index contributed by atoms with van der Waals surface area (Å²) in [5.74, 6) is 0.145. The summed E-state index contributed by atoms with van der Waals surface area (Å²) >= 11 is 6.28. The summed E-state index contributed by atoms with van der Waals surface area (Å²) in [6.07, 6.45) is 4.05. The van der Waals surface area contributed by atoms with Crippen molar-refractivity contribution >= 4 is 11.6 Å². The summed E-state index contributed by atoms with van der Waals surface area (Å²) in [4.78, 5) is 0. The Balaban J connectivity index is 2.04. The van der Waals surface area contributed by atoms with Crippen LogP contribution in [0.4, 0.5) is 0 Å². The number of aryl methyl sites for hydroxylation is 1. The van der Waals surface area contributed by atoms with Gasteiger partial charge in [0, 0.05) is 10.9 Å². The molecule has 0 bridgehead atoms. The lowest BCUT2D eigenvalue weighted by Gasteiger charge is -2.41. The third-order valence-electron chi connectivity index (χ3n) is 4.75. The SMILES string of the molecule is Cc1ccc(C2(O)CCCCC2c2ccccc2)cc1Cl. The lowest BCUT2D eigenvalue weighted by Crippen LogP contribution is -2.36. The highest BCUT2D eigenvalue weighted by Gasteiger charge is 2.41.